The van der Waals surface area contributed by atoms with Crippen LogP contribution >= 0.6 is 0 Å². The highest BCUT2D eigenvalue weighted by Gasteiger charge is 2.15. The van der Waals surface area contributed by atoms with E-state index in [0.29, 0.717) is 39.1 Å². The summed E-state index contributed by atoms with van der Waals surface area (Å²) in [7, 11) is 0. The normalized spacial score (nSPS) is 10.2. The molecule has 0 spiro atoms. The summed E-state index contributed by atoms with van der Waals surface area (Å²) >= 11 is 0. The number of ether oxygens (including phenoxy) is 3. The summed E-state index contributed by atoms with van der Waals surface area (Å²) in [6.07, 6.45) is -0.859. The fourth-order valence-corrected chi connectivity index (χ4v) is 1.64. The van der Waals surface area contributed by atoms with Gasteiger partial charge in [0.05, 0.1) is 0 Å². The van der Waals surface area contributed by atoms with E-state index in [1.54, 1.807) is 13.8 Å². The van der Waals surface area contributed by atoms with E-state index in [4.69, 9.17) is 14.2 Å². The first kappa shape index (κ1) is 22.0. The summed E-state index contributed by atoms with van der Waals surface area (Å²) in [5.74, 6) is -0.0465. The highest BCUT2D eigenvalue weighted by molar-refractivity contribution is 5.75. The van der Waals surface area contributed by atoms with Gasteiger partial charge in [0.2, 0.25) is 5.91 Å². The van der Waals surface area contributed by atoms with Crippen molar-refractivity contribution in [2.75, 3.05) is 39.5 Å². The molecule has 0 heterocycles. The predicted octanol–water partition coefficient (Wildman–Crippen LogP) is 0.780. The molecule has 0 aromatic rings. The second-order valence-electron chi connectivity index (χ2n) is 4.81. The van der Waals surface area contributed by atoms with E-state index >= 15 is 0 Å². The summed E-state index contributed by atoms with van der Waals surface area (Å²) in [4.78, 5) is 34.0. The molecule has 0 aliphatic carbocycles. The maximum absolute atomic E-state index is 11.3. The zero-order valence-electron chi connectivity index (χ0n) is 14.7. The predicted molar refractivity (Wildman–Crippen MR) is 87.7 cm³/mol. The summed E-state index contributed by atoms with van der Waals surface area (Å²) < 4.78 is 15.5. The van der Waals surface area contributed by atoms with Crippen LogP contribution in [0.1, 0.15) is 33.6 Å². The Kier molecular flexibility index (Phi) is 13.3. The molecule has 9 nitrogen and oxygen atoms in total. The Hall–Kier alpha value is -2.03. The van der Waals surface area contributed by atoms with Gasteiger partial charge in [0.25, 0.3) is 0 Å². The highest BCUT2D eigenvalue weighted by atomic mass is 16.6. The lowest BCUT2D eigenvalue weighted by Gasteiger charge is -2.18. The van der Waals surface area contributed by atoms with Crippen LogP contribution in [0.25, 0.3) is 0 Å². The van der Waals surface area contributed by atoms with Crippen LogP contribution in [0.3, 0.4) is 0 Å². The van der Waals surface area contributed by atoms with Gasteiger partial charge in [0, 0.05) is 32.7 Å². The molecule has 0 radical (unpaired) electrons. The van der Waals surface area contributed by atoms with Crippen LogP contribution in [0.5, 0.6) is 0 Å². The summed E-state index contributed by atoms with van der Waals surface area (Å²) in [6.45, 7) is 7.07. The van der Waals surface area contributed by atoms with E-state index in [9.17, 15) is 14.4 Å². The third kappa shape index (κ3) is 12.5. The Labute approximate surface area is 142 Å². The number of carbonyl (C=O) groups excluding carboxylic acids is 3. The van der Waals surface area contributed by atoms with E-state index in [0.717, 1.165) is 0 Å². The van der Waals surface area contributed by atoms with Crippen LogP contribution in [-0.4, -0.2) is 63.7 Å². The molecular formula is C15H29N3O6. The van der Waals surface area contributed by atoms with Crippen LogP contribution < -0.4 is 16.0 Å². The topological polar surface area (TPSA) is 115 Å². The maximum atomic E-state index is 11.3. The molecule has 0 saturated carbocycles. The van der Waals surface area contributed by atoms with Crippen molar-refractivity contribution < 1.29 is 28.6 Å². The molecule has 0 aromatic heterocycles. The molecule has 0 aromatic carbocycles. The van der Waals surface area contributed by atoms with Crippen LogP contribution in [0.15, 0.2) is 0 Å². The maximum Gasteiger partial charge on any atom is 0.407 e. The first-order valence-corrected chi connectivity index (χ1v) is 8.22. The van der Waals surface area contributed by atoms with E-state index in [-0.39, 0.29) is 19.1 Å². The molecule has 0 aliphatic heterocycles. The SMILES string of the molecule is CCNC(=O)CCCOC(COC(=O)NCC)COC(=O)NCC. The molecule has 140 valence electrons. The van der Waals surface area contributed by atoms with E-state index < -0.39 is 18.3 Å². The second-order valence-corrected chi connectivity index (χ2v) is 4.81. The Balaban J connectivity index is 4.17. The Morgan fingerprint density at radius 3 is 1.79 bits per heavy atom. The molecule has 0 rings (SSSR count). The number of nitrogens with one attached hydrogen (secondary N) is 3. The number of hydrogen-bond acceptors (Lipinski definition) is 6. The van der Waals surface area contributed by atoms with E-state index in [2.05, 4.69) is 16.0 Å². The minimum atomic E-state index is -0.593. The average Bonchev–Trinajstić information content (AvgIpc) is 2.54. The summed E-state index contributed by atoms with van der Waals surface area (Å²) in [5, 5.41) is 7.68. The van der Waals surface area contributed by atoms with Gasteiger partial charge in [0.15, 0.2) is 0 Å². The van der Waals surface area contributed by atoms with Crippen LogP contribution in [0, 0.1) is 0 Å². The molecule has 3 amide bonds. The minimum Gasteiger partial charge on any atom is -0.447 e. The lowest BCUT2D eigenvalue weighted by atomic mass is 10.3. The fourth-order valence-electron chi connectivity index (χ4n) is 1.64. The summed E-state index contributed by atoms with van der Waals surface area (Å²) in [6, 6.07) is 0. The monoisotopic (exact) mass is 347 g/mol. The lowest BCUT2D eigenvalue weighted by Crippen LogP contribution is -2.34. The first-order valence-electron chi connectivity index (χ1n) is 8.22. The quantitative estimate of drug-likeness (QED) is 0.449. The van der Waals surface area contributed by atoms with Crippen molar-refractivity contribution in [2.45, 2.75) is 39.7 Å². The Morgan fingerprint density at radius 2 is 1.33 bits per heavy atom. The fraction of sp³-hybridized carbons (Fsp3) is 0.800. The number of hydrogen-bond donors (Lipinski definition) is 3. The van der Waals surface area contributed by atoms with Gasteiger partial charge in [-0.2, -0.15) is 0 Å². The second kappa shape index (κ2) is 14.6. The van der Waals surface area contributed by atoms with E-state index in [1.165, 1.54) is 0 Å². The van der Waals surface area contributed by atoms with Crippen LogP contribution in [0.2, 0.25) is 0 Å². The van der Waals surface area contributed by atoms with Gasteiger partial charge >= 0.3 is 12.2 Å². The highest BCUT2D eigenvalue weighted by Crippen LogP contribution is 2.00. The molecule has 3 N–H and O–H groups in total. The average molecular weight is 347 g/mol. The molecule has 0 bridgehead atoms. The Morgan fingerprint density at radius 1 is 0.833 bits per heavy atom. The summed E-state index contributed by atoms with van der Waals surface area (Å²) in [5.41, 5.74) is 0. The lowest BCUT2D eigenvalue weighted by molar-refractivity contribution is -0.121. The van der Waals surface area contributed by atoms with Crippen molar-refractivity contribution in [3.05, 3.63) is 0 Å². The van der Waals surface area contributed by atoms with Crippen molar-refractivity contribution >= 4 is 18.1 Å². The molecule has 0 aliphatic rings. The molecule has 0 atom stereocenters. The molecule has 0 fully saturated rings. The third-order valence-corrected chi connectivity index (χ3v) is 2.72. The molecule has 0 unspecified atom stereocenters. The van der Waals surface area contributed by atoms with Crippen molar-refractivity contribution in [1.82, 2.24) is 16.0 Å². The van der Waals surface area contributed by atoms with Gasteiger partial charge < -0.3 is 30.2 Å². The van der Waals surface area contributed by atoms with Gasteiger partial charge in [-0.05, 0) is 27.2 Å². The first-order chi connectivity index (χ1) is 11.5. The van der Waals surface area contributed by atoms with Crippen molar-refractivity contribution in [3.63, 3.8) is 0 Å². The third-order valence-electron chi connectivity index (χ3n) is 2.72. The van der Waals surface area contributed by atoms with Crippen molar-refractivity contribution in [1.29, 1.82) is 0 Å². The van der Waals surface area contributed by atoms with Gasteiger partial charge in [-0.1, -0.05) is 0 Å². The standard InChI is InChI=1S/C15H29N3O6/c1-4-16-13(19)8-7-9-22-12(10-23-14(20)17-5-2)11-24-15(21)18-6-3/h12H,4-11H2,1-3H3,(H,16,19)(H,17,20)(H,18,21). The van der Waals surface area contributed by atoms with Crippen molar-refractivity contribution in [2.24, 2.45) is 0 Å². The largest absolute Gasteiger partial charge is 0.447 e. The molecule has 0 saturated heterocycles. The van der Waals surface area contributed by atoms with Crippen LogP contribution in [0.4, 0.5) is 9.59 Å². The number of alkyl carbamates (subject to hydrolysis) is 2. The molecule has 9 heteroatoms. The van der Waals surface area contributed by atoms with Crippen LogP contribution in [-0.2, 0) is 19.0 Å². The smallest absolute Gasteiger partial charge is 0.407 e. The van der Waals surface area contributed by atoms with Gasteiger partial charge in [-0.25, -0.2) is 9.59 Å². The molecule has 24 heavy (non-hydrogen) atoms. The number of rotatable bonds is 12. The number of amides is 3. The van der Waals surface area contributed by atoms with Gasteiger partial charge in [-0.3, -0.25) is 4.79 Å². The van der Waals surface area contributed by atoms with Gasteiger partial charge in [0.1, 0.15) is 19.3 Å². The van der Waals surface area contributed by atoms with Crippen molar-refractivity contribution in [3.8, 4) is 0 Å². The number of carbonyl (C=O) groups is 3. The zero-order valence-corrected chi connectivity index (χ0v) is 14.7. The van der Waals surface area contributed by atoms with Gasteiger partial charge in [-0.15, -0.1) is 0 Å². The Bertz CT molecular complexity index is 356. The minimum absolute atomic E-state index is 0.0465. The molecular weight excluding hydrogens is 318 g/mol. The zero-order chi connectivity index (χ0) is 18.2. The van der Waals surface area contributed by atoms with E-state index in [1.807, 2.05) is 6.92 Å².